The second kappa shape index (κ2) is 8.68. The number of ether oxygens (including phenoxy) is 1. The van der Waals surface area contributed by atoms with Crippen LogP contribution in [0.4, 0.5) is 0 Å². The van der Waals surface area contributed by atoms with Crippen LogP contribution in [0.15, 0.2) is 30.3 Å². The summed E-state index contributed by atoms with van der Waals surface area (Å²) in [5, 5.41) is 0. The van der Waals surface area contributed by atoms with E-state index in [-0.39, 0.29) is 17.9 Å². The molecule has 0 aromatic heterocycles. The summed E-state index contributed by atoms with van der Waals surface area (Å²) in [7, 11) is 1.69. The van der Waals surface area contributed by atoms with Crippen LogP contribution in [0, 0.1) is 0 Å². The number of hydrogen-bond acceptors (Lipinski definition) is 4. The van der Waals surface area contributed by atoms with E-state index >= 15 is 0 Å². The third-order valence-electron chi connectivity index (χ3n) is 3.52. The van der Waals surface area contributed by atoms with Crippen molar-refractivity contribution in [1.29, 1.82) is 0 Å². The molecule has 0 saturated heterocycles. The number of hydrazine groups is 1. The molecule has 5 heteroatoms. The average Bonchev–Trinajstić information content (AvgIpc) is 2.48. The van der Waals surface area contributed by atoms with Gasteiger partial charge < -0.3 is 4.74 Å². The Morgan fingerprint density at radius 3 is 2.55 bits per heavy atom. The van der Waals surface area contributed by atoms with Crippen LogP contribution in [0.2, 0.25) is 0 Å². The summed E-state index contributed by atoms with van der Waals surface area (Å²) < 4.78 is 5.19. The lowest BCUT2D eigenvalue weighted by atomic mass is 9.97. The molecule has 2 atom stereocenters. The Labute approximate surface area is 121 Å². The quantitative estimate of drug-likeness (QED) is 0.425. The molecular weight excluding hydrogens is 254 g/mol. The van der Waals surface area contributed by atoms with E-state index in [0.29, 0.717) is 13.2 Å². The second-order valence-corrected chi connectivity index (χ2v) is 4.86. The molecule has 112 valence electrons. The van der Waals surface area contributed by atoms with Crippen molar-refractivity contribution in [3.8, 4) is 0 Å². The molecule has 0 saturated carbocycles. The predicted molar refractivity (Wildman–Crippen MR) is 80.1 cm³/mol. The molecule has 1 rings (SSSR count). The van der Waals surface area contributed by atoms with Crippen molar-refractivity contribution < 1.29 is 9.53 Å². The number of likely N-dealkylation sites (N-methyl/N-ethyl adjacent to an activating group) is 1. The smallest absolute Gasteiger partial charge is 0.242 e. The van der Waals surface area contributed by atoms with E-state index in [2.05, 4.69) is 24.2 Å². The van der Waals surface area contributed by atoms with Crippen molar-refractivity contribution in [3.05, 3.63) is 35.9 Å². The van der Waals surface area contributed by atoms with Gasteiger partial charge in [-0.05, 0) is 19.0 Å². The zero-order valence-electron chi connectivity index (χ0n) is 12.5. The highest BCUT2D eigenvalue weighted by molar-refractivity contribution is 5.83. The summed E-state index contributed by atoms with van der Waals surface area (Å²) in [5.41, 5.74) is 3.24. The average molecular weight is 279 g/mol. The fourth-order valence-electron chi connectivity index (χ4n) is 2.33. The zero-order chi connectivity index (χ0) is 15.0. The number of nitrogens with two attached hydrogens (primary N) is 1. The highest BCUT2D eigenvalue weighted by Gasteiger charge is 2.24. The number of nitrogens with zero attached hydrogens (tertiary/aromatic N) is 1. The summed E-state index contributed by atoms with van der Waals surface area (Å²) in [5.74, 6) is 4.87. The minimum absolute atomic E-state index is 0.167. The Morgan fingerprint density at radius 2 is 2.05 bits per heavy atom. The molecular formula is C15H25N3O2. The molecule has 0 spiro atoms. The molecule has 3 N–H and O–H groups in total. The van der Waals surface area contributed by atoms with E-state index in [0.717, 1.165) is 12.1 Å². The van der Waals surface area contributed by atoms with Gasteiger partial charge in [-0.25, -0.2) is 5.84 Å². The van der Waals surface area contributed by atoms with Crippen LogP contribution in [0.1, 0.15) is 25.3 Å². The minimum Gasteiger partial charge on any atom is -0.383 e. The monoisotopic (exact) mass is 279 g/mol. The van der Waals surface area contributed by atoms with Crippen molar-refractivity contribution in [1.82, 2.24) is 10.3 Å². The highest BCUT2D eigenvalue weighted by atomic mass is 16.5. The Bertz CT molecular complexity index is 397. The summed E-state index contributed by atoms with van der Waals surface area (Å²) in [6.45, 7) is 6.28. The van der Waals surface area contributed by atoms with Crippen molar-refractivity contribution in [2.45, 2.75) is 25.8 Å². The van der Waals surface area contributed by atoms with Crippen LogP contribution in [-0.2, 0) is 9.53 Å². The molecule has 5 nitrogen and oxygen atoms in total. The highest BCUT2D eigenvalue weighted by Crippen LogP contribution is 2.18. The van der Waals surface area contributed by atoms with E-state index in [1.165, 1.54) is 0 Å². The molecule has 0 aliphatic carbocycles. The Balaban J connectivity index is 2.86. The molecule has 1 amide bonds. The number of carbonyl (C=O) groups excluding carboxylic acids is 1. The van der Waals surface area contributed by atoms with E-state index in [4.69, 9.17) is 10.6 Å². The fraction of sp³-hybridized carbons (Fsp3) is 0.533. The number of carbonyl (C=O) groups is 1. The van der Waals surface area contributed by atoms with Crippen LogP contribution in [0.3, 0.4) is 0 Å². The summed E-state index contributed by atoms with van der Waals surface area (Å²) >= 11 is 0. The van der Waals surface area contributed by atoms with E-state index in [9.17, 15) is 4.79 Å². The third-order valence-corrected chi connectivity index (χ3v) is 3.52. The van der Waals surface area contributed by atoms with Crippen molar-refractivity contribution in [3.63, 3.8) is 0 Å². The standard InChI is InChI=1S/C15H25N3O2/c1-4-18(12(2)11-20-3)10-14(15(19)17-16)13-8-6-5-7-9-13/h5-9,12,14H,4,10-11,16H2,1-3H3,(H,17,19). The van der Waals surface area contributed by atoms with Crippen LogP contribution in [-0.4, -0.2) is 43.7 Å². The topological polar surface area (TPSA) is 67.6 Å². The second-order valence-electron chi connectivity index (χ2n) is 4.86. The largest absolute Gasteiger partial charge is 0.383 e. The van der Waals surface area contributed by atoms with Crippen LogP contribution < -0.4 is 11.3 Å². The summed E-state index contributed by atoms with van der Waals surface area (Å²) in [6, 6.07) is 9.96. The molecule has 1 aromatic carbocycles. The van der Waals surface area contributed by atoms with Gasteiger partial charge in [0.05, 0.1) is 12.5 Å². The third kappa shape index (κ3) is 4.59. The Kier molecular flexibility index (Phi) is 7.22. The zero-order valence-corrected chi connectivity index (χ0v) is 12.5. The van der Waals surface area contributed by atoms with Gasteiger partial charge in [-0.2, -0.15) is 0 Å². The molecule has 20 heavy (non-hydrogen) atoms. The normalized spacial score (nSPS) is 14.1. The van der Waals surface area contributed by atoms with E-state index < -0.39 is 0 Å². The van der Waals surface area contributed by atoms with Crippen molar-refractivity contribution in [2.24, 2.45) is 5.84 Å². The molecule has 0 aliphatic heterocycles. The Morgan fingerprint density at radius 1 is 1.40 bits per heavy atom. The minimum atomic E-state index is -0.277. The maximum Gasteiger partial charge on any atom is 0.242 e. The van der Waals surface area contributed by atoms with E-state index in [1.54, 1.807) is 7.11 Å². The maximum absolute atomic E-state index is 12.1. The fourth-order valence-corrected chi connectivity index (χ4v) is 2.33. The van der Waals surface area contributed by atoms with Gasteiger partial charge in [0.15, 0.2) is 0 Å². The number of nitrogens with one attached hydrogen (secondary N) is 1. The lowest BCUT2D eigenvalue weighted by molar-refractivity contribution is -0.123. The van der Waals surface area contributed by atoms with Gasteiger partial charge in [0.1, 0.15) is 0 Å². The summed E-state index contributed by atoms with van der Waals surface area (Å²) in [6.07, 6.45) is 0. The molecule has 2 unspecified atom stereocenters. The first-order chi connectivity index (χ1) is 9.63. The number of rotatable bonds is 8. The number of hydrogen-bond donors (Lipinski definition) is 2. The van der Waals surface area contributed by atoms with Gasteiger partial charge in [-0.15, -0.1) is 0 Å². The first-order valence-electron chi connectivity index (χ1n) is 6.92. The lowest BCUT2D eigenvalue weighted by Crippen LogP contribution is -2.44. The van der Waals surface area contributed by atoms with E-state index in [1.807, 2.05) is 30.3 Å². The number of amides is 1. The molecule has 0 bridgehead atoms. The van der Waals surface area contributed by atoms with Gasteiger partial charge in [-0.3, -0.25) is 15.1 Å². The van der Waals surface area contributed by atoms with Crippen LogP contribution in [0.25, 0.3) is 0 Å². The van der Waals surface area contributed by atoms with Crippen LogP contribution in [0.5, 0.6) is 0 Å². The molecule has 0 radical (unpaired) electrons. The molecule has 0 heterocycles. The van der Waals surface area contributed by atoms with Gasteiger partial charge in [0.2, 0.25) is 5.91 Å². The predicted octanol–water partition coefficient (Wildman–Crippen LogP) is 1.12. The van der Waals surface area contributed by atoms with Gasteiger partial charge in [0, 0.05) is 19.7 Å². The van der Waals surface area contributed by atoms with Crippen molar-refractivity contribution in [2.75, 3.05) is 26.8 Å². The molecule has 1 aromatic rings. The van der Waals surface area contributed by atoms with Gasteiger partial charge in [-0.1, -0.05) is 37.3 Å². The van der Waals surface area contributed by atoms with Gasteiger partial charge >= 0.3 is 0 Å². The SMILES string of the molecule is CCN(CC(C(=O)NN)c1ccccc1)C(C)COC. The molecule has 0 aliphatic rings. The first kappa shape index (κ1) is 16.6. The Hall–Kier alpha value is -1.43. The molecule has 0 fully saturated rings. The first-order valence-corrected chi connectivity index (χ1v) is 6.92. The lowest BCUT2D eigenvalue weighted by Gasteiger charge is -2.30. The van der Waals surface area contributed by atoms with Crippen molar-refractivity contribution >= 4 is 5.91 Å². The maximum atomic E-state index is 12.1. The number of benzene rings is 1. The van der Waals surface area contributed by atoms with Crippen LogP contribution >= 0.6 is 0 Å². The summed E-state index contributed by atoms with van der Waals surface area (Å²) in [4.78, 5) is 14.3. The van der Waals surface area contributed by atoms with Gasteiger partial charge in [0.25, 0.3) is 0 Å². The number of methoxy groups -OCH3 is 1.